The predicted molar refractivity (Wildman–Crippen MR) is 140 cm³/mol. The Bertz CT molecular complexity index is 1130. The van der Waals surface area contributed by atoms with E-state index in [2.05, 4.69) is 10.1 Å². The van der Waals surface area contributed by atoms with Crippen molar-refractivity contribution in [3.05, 3.63) is 58.7 Å². The fraction of sp³-hybridized carbons (Fsp3) is 0.556. The molecule has 1 aliphatic rings. The van der Waals surface area contributed by atoms with Crippen LogP contribution < -0.4 is 15.8 Å². The van der Waals surface area contributed by atoms with Gasteiger partial charge in [0.15, 0.2) is 0 Å². The second kappa shape index (κ2) is 12.6. The molecule has 6 nitrogen and oxygen atoms in total. The summed E-state index contributed by atoms with van der Waals surface area (Å²) in [6.07, 6.45) is -8.17. The van der Waals surface area contributed by atoms with Crippen LogP contribution in [0, 0.1) is 17.6 Å². The summed E-state index contributed by atoms with van der Waals surface area (Å²) in [4.78, 5) is 0. The minimum atomic E-state index is -4.78. The second-order valence-corrected chi connectivity index (χ2v) is 12.4. The average Bonchev–Trinajstić information content (AvgIpc) is 2.82. The third-order valence-corrected chi connectivity index (χ3v) is 8.26. The normalized spacial score (nSPS) is 23.1. The molecule has 4 N–H and O–H groups in total. The number of alkyl halides is 3. The standard InChI is InChI=1S/C27H35F5N2O4S/c1-26(2,3)18-5-6-19(28)16(10-18)11-34-21-14-39(36)13-17(25(21)35)7-15-8-20(29)24(33)22(9-15)38-23(12-37-4)27(30,31)32/h5-6,8-10,17,21,23,25,34-35H,7,11-14,33H2,1-4H3/t17-,21+,23-,25+,39-/m1/s1. The third kappa shape index (κ3) is 8.20. The van der Waals surface area contributed by atoms with Gasteiger partial charge in [0.2, 0.25) is 6.10 Å². The van der Waals surface area contributed by atoms with Gasteiger partial charge in [-0.25, -0.2) is 8.78 Å². The number of ether oxygens (including phenoxy) is 2. The molecule has 0 unspecified atom stereocenters. The lowest BCUT2D eigenvalue weighted by molar-refractivity contribution is -0.206. The Labute approximate surface area is 228 Å². The number of aliphatic hydroxyl groups excluding tert-OH is 1. The van der Waals surface area contributed by atoms with E-state index in [1.165, 1.54) is 12.1 Å². The van der Waals surface area contributed by atoms with E-state index in [0.29, 0.717) is 5.56 Å². The molecular formula is C27H35F5N2O4S. The quantitative estimate of drug-likeness (QED) is 0.234. The number of aliphatic hydroxyl groups is 1. The zero-order chi connectivity index (χ0) is 29.1. The zero-order valence-corrected chi connectivity index (χ0v) is 23.1. The van der Waals surface area contributed by atoms with Crippen LogP contribution in [0.5, 0.6) is 5.75 Å². The molecule has 1 fully saturated rings. The smallest absolute Gasteiger partial charge is 0.427 e. The lowest BCUT2D eigenvalue weighted by Gasteiger charge is -2.36. The Morgan fingerprint density at radius 2 is 1.82 bits per heavy atom. The first-order valence-corrected chi connectivity index (χ1v) is 13.9. The molecule has 0 bridgehead atoms. The molecule has 2 aromatic carbocycles. The minimum Gasteiger partial charge on any atom is -0.616 e. The fourth-order valence-corrected chi connectivity index (χ4v) is 6.12. The maximum atomic E-state index is 14.6. The van der Waals surface area contributed by atoms with Gasteiger partial charge in [-0.05, 0) is 41.2 Å². The highest BCUT2D eigenvalue weighted by Crippen LogP contribution is 2.34. The van der Waals surface area contributed by atoms with Gasteiger partial charge in [0.1, 0.15) is 34.6 Å². The molecule has 0 saturated carbocycles. The van der Waals surface area contributed by atoms with Crippen LogP contribution >= 0.6 is 0 Å². The number of anilines is 1. The van der Waals surface area contributed by atoms with Crippen molar-refractivity contribution in [1.82, 2.24) is 5.32 Å². The van der Waals surface area contributed by atoms with Gasteiger partial charge in [0.25, 0.3) is 0 Å². The van der Waals surface area contributed by atoms with Crippen molar-refractivity contribution in [2.75, 3.05) is 31.0 Å². The molecular weight excluding hydrogens is 543 g/mol. The van der Waals surface area contributed by atoms with Gasteiger partial charge in [-0.15, -0.1) is 0 Å². The van der Waals surface area contributed by atoms with E-state index in [0.717, 1.165) is 18.7 Å². The summed E-state index contributed by atoms with van der Waals surface area (Å²) in [6.45, 7) is 5.30. The highest BCUT2D eigenvalue weighted by molar-refractivity contribution is 7.91. The Morgan fingerprint density at radius 1 is 1.13 bits per heavy atom. The molecule has 1 aliphatic heterocycles. The van der Waals surface area contributed by atoms with E-state index in [1.807, 2.05) is 20.8 Å². The lowest BCUT2D eigenvalue weighted by Crippen LogP contribution is -2.54. The van der Waals surface area contributed by atoms with Crippen molar-refractivity contribution in [2.45, 2.75) is 63.6 Å². The van der Waals surface area contributed by atoms with E-state index >= 15 is 0 Å². The summed E-state index contributed by atoms with van der Waals surface area (Å²) in [5, 5.41) is 14.1. The molecule has 2 aromatic rings. The molecule has 39 heavy (non-hydrogen) atoms. The molecule has 0 radical (unpaired) electrons. The topological polar surface area (TPSA) is 99.8 Å². The Hall–Kier alpha value is -2.12. The van der Waals surface area contributed by atoms with Gasteiger partial charge in [-0.2, -0.15) is 13.2 Å². The van der Waals surface area contributed by atoms with Gasteiger partial charge < -0.3 is 30.2 Å². The predicted octanol–water partition coefficient (Wildman–Crippen LogP) is 4.24. The number of rotatable bonds is 9. The van der Waals surface area contributed by atoms with Crippen LogP contribution in [-0.2, 0) is 34.3 Å². The monoisotopic (exact) mass is 578 g/mol. The van der Waals surface area contributed by atoms with Crippen molar-refractivity contribution in [2.24, 2.45) is 5.92 Å². The van der Waals surface area contributed by atoms with E-state index in [-0.39, 0.29) is 35.4 Å². The zero-order valence-electron chi connectivity index (χ0n) is 22.3. The first-order valence-electron chi connectivity index (χ1n) is 12.5. The second-order valence-electron chi connectivity index (χ2n) is 10.9. The molecule has 0 amide bonds. The van der Waals surface area contributed by atoms with Crippen molar-refractivity contribution >= 4 is 16.9 Å². The fourth-order valence-electron chi connectivity index (χ4n) is 4.47. The van der Waals surface area contributed by atoms with Crippen LogP contribution in [0.4, 0.5) is 27.6 Å². The third-order valence-electron chi connectivity index (χ3n) is 6.73. The summed E-state index contributed by atoms with van der Waals surface area (Å²) in [7, 11) is 1.08. The number of hydrogen-bond acceptors (Lipinski definition) is 6. The van der Waals surface area contributed by atoms with Crippen molar-refractivity contribution in [3.8, 4) is 5.75 Å². The number of benzene rings is 2. The number of halogens is 5. The summed E-state index contributed by atoms with van der Waals surface area (Å²) in [5.41, 5.74) is 6.42. The summed E-state index contributed by atoms with van der Waals surface area (Å²) >= 11 is -1.35. The Balaban J connectivity index is 1.76. The Kier molecular flexibility index (Phi) is 10.1. The highest BCUT2D eigenvalue weighted by Gasteiger charge is 2.43. The van der Waals surface area contributed by atoms with Crippen LogP contribution in [-0.4, -0.2) is 59.3 Å². The van der Waals surface area contributed by atoms with Crippen LogP contribution in [0.2, 0.25) is 0 Å². The number of methoxy groups -OCH3 is 1. The number of nitrogen functional groups attached to an aromatic ring is 1. The molecule has 3 rings (SSSR count). The Morgan fingerprint density at radius 3 is 2.44 bits per heavy atom. The first-order chi connectivity index (χ1) is 18.1. The van der Waals surface area contributed by atoms with Crippen LogP contribution in [0.3, 0.4) is 0 Å². The van der Waals surface area contributed by atoms with E-state index in [4.69, 9.17) is 10.5 Å². The molecule has 218 valence electrons. The summed E-state index contributed by atoms with van der Waals surface area (Å²) < 4.78 is 91.1. The van der Waals surface area contributed by atoms with Crippen molar-refractivity contribution < 1.29 is 41.1 Å². The number of nitrogens with one attached hydrogen (secondary N) is 1. The molecule has 0 aliphatic carbocycles. The van der Waals surface area contributed by atoms with Gasteiger partial charge in [0, 0.05) is 25.1 Å². The number of hydrogen-bond donors (Lipinski definition) is 3. The summed E-state index contributed by atoms with van der Waals surface area (Å²) in [5.74, 6) is -2.27. The first kappa shape index (κ1) is 31.4. The van der Waals surface area contributed by atoms with E-state index < -0.39 is 71.2 Å². The van der Waals surface area contributed by atoms with Crippen LogP contribution in [0.15, 0.2) is 30.3 Å². The van der Waals surface area contributed by atoms with Gasteiger partial charge >= 0.3 is 6.18 Å². The van der Waals surface area contributed by atoms with Gasteiger partial charge in [-0.1, -0.05) is 44.1 Å². The van der Waals surface area contributed by atoms with E-state index in [1.54, 1.807) is 12.1 Å². The highest BCUT2D eigenvalue weighted by atomic mass is 32.2. The molecule has 0 aromatic heterocycles. The number of nitrogens with two attached hydrogens (primary N) is 1. The van der Waals surface area contributed by atoms with Crippen molar-refractivity contribution in [1.29, 1.82) is 0 Å². The summed E-state index contributed by atoms with van der Waals surface area (Å²) in [6, 6.07) is 6.46. The van der Waals surface area contributed by atoms with Crippen molar-refractivity contribution in [3.63, 3.8) is 0 Å². The molecule has 12 heteroatoms. The van der Waals surface area contributed by atoms with Crippen LogP contribution in [0.1, 0.15) is 37.5 Å². The largest absolute Gasteiger partial charge is 0.616 e. The van der Waals surface area contributed by atoms with E-state index in [9.17, 15) is 31.6 Å². The van der Waals surface area contributed by atoms with Gasteiger partial charge in [-0.3, -0.25) is 0 Å². The molecule has 5 atom stereocenters. The average molecular weight is 579 g/mol. The molecule has 0 spiro atoms. The van der Waals surface area contributed by atoms with Gasteiger partial charge in [0.05, 0.1) is 18.8 Å². The lowest BCUT2D eigenvalue weighted by atomic mass is 9.86. The maximum absolute atomic E-state index is 14.6. The molecule has 1 heterocycles. The maximum Gasteiger partial charge on any atom is 0.427 e. The molecule has 1 saturated heterocycles. The van der Waals surface area contributed by atoms with Crippen LogP contribution in [0.25, 0.3) is 0 Å². The SMILES string of the molecule is COC[C@@H](Oc1cc(C[C@@H]2C[S@@+]([O-])C[C@H](NCc3cc(C(C)(C)C)ccc3F)[C@H]2O)cc(F)c1N)C(F)(F)F. The minimum absolute atomic E-state index is 0.00742.